The molecule has 0 aromatic carbocycles. The molecule has 0 radical (unpaired) electrons. The topological polar surface area (TPSA) is 89.6 Å². The smallest absolute Gasteiger partial charge is 0.318 e. The standard InChI is InChI=1S/C10H19NO4/c1-9(2,15-4)5-6-10(3,7(11)12)8(13)14/h5-6H2,1-4H3,(H2,11,12)(H,13,14). The summed E-state index contributed by atoms with van der Waals surface area (Å²) >= 11 is 0. The number of aliphatic carboxylic acids is 1. The van der Waals surface area contributed by atoms with Gasteiger partial charge in [-0.05, 0) is 33.6 Å². The average molecular weight is 217 g/mol. The molecule has 0 spiro atoms. The van der Waals surface area contributed by atoms with Gasteiger partial charge in [-0.1, -0.05) is 0 Å². The van der Waals surface area contributed by atoms with Gasteiger partial charge in [0.15, 0.2) is 0 Å². The predicted molar refractivity (Wildman–Crippen MR) is 55.3 cm³/mol. The predicted octanol–water partition coefficient (Wildman–Crippen LogP) is 0.768. The minimum absolute atomic E-state index is 0.165. The second-order valence-corrected chi connectivity index (χ2v) is 4.47. The van der Waals surface area contributed by atoms with E-state index in [4.69, 9.17) is 15.6 Å². The van der Waals surface area contributed by atoms with Crippen LogP contribution in [0.25, 0.3) is 0 Å². The number of amides is 1. The number of methoxy groups -OCH3 is 1. The fourth-order valence-electron chi connectivity index (χ4n) is 0.989. The largest absolute Gasteiger partial charge is 0.480 e. The van der Waals surface area contributed by atoms with Crippen molar-refractivity contribution in [3.63, 3.8) is 0 Å². The zero-order valence-electron chi connectivity index (χ0n) is 9.66. The highest BCUT2D eigenvalue weighted by Gasteiger charge is 2.40. The maximum absolute atomic E-state index is 11.1. The second kappa shape index (κ2) is 4.61. The van der Waals surface area contributed by atoms with Crippen molar-refractivity contribution in [2.75, 3.05) is 7.11 Å². The van der Waals surface area contributed by atoms with E-state index in [9.17, 15) is 9.59 Å². The van der Waals surface area contributed by atoms with Crippen LogP contribution < -0.4 is 5.73 Å². The van der Waals surface area contributed by atoms with Crippen LogP contribution in [0.15, 0.2) is 0 Å². The first-order valence-corrected chi connectivity index (χ1v) is 4.74. The SMILES string of the molecule is COC(C)(C)CCC(C)(C(N)=O)C(=O)O. The number of carbonyl (C=O) groups is 2. The lowest BCUT2D eigenvalue weighted by Gasteiger charge is -2.28. The van der Waals surface area contributed by atoms with Gasteiger partial charge in [-0.2, -0.15) is 0 Å². The fourth-order valence-corrected chi connectivity index (χ4v) is 0.989. The molecule has 88 valence electrons. The Morgan fingerprint density at radius 3 is 2.00 bits per heavy atom. The molecule has 0 aliphatic carbocycles. The van der Waals surface area contributed by atoms with Gasteiger partial charge in [-0.15, -0.1) is 0 Å². The highest BCUT2D eigenvalue weighted by atomic mass is 16.5. The lowest BCUT2D eigenvalue weighted by molar-refractivity contribution is -0.154. The van der Waals surface area contributed by atoms with Gasteiger partial charge < -0.3 is 15.6 Å². The number of carboxylic acid groups (broad SMARTS) is 1. The molecular formula is C10H19NO4. The van der Waals surface area contributed by atoms with Gasteiger partial charge in [0, 0.05) is 7.11 Å². The van der Waals surface area contributed by atoms with Gasteiger partial charge in [0.05, 0.1) is 5.60 Å². The summed E-state index contributed by atoms with van der Waals surface area (Å²) in [5.41, 5.74) is 3.11. The number of nitrogens with two attached hydrogens (primary N) is 1. The summed E-state index contributed by atoms with van der Waals surface area (Å²) in [6.07, 6.45) is 0.619. The van der Waals surface area contributed by atoms with E-state index >= 15 is 0 Å². The Labute approximate surface area is 89.6 Å². The third-order valence-corrected chi connectivity index (χ3v) is 2.80. The Hall–Kier alpha value is -1.10. The van der Waals surface area contributed by atoms with Crippen LogP contribution in [0.2, 0.25) is 0 Å². The Bertz CT molecular complexity index is 246. The third-order valence-electron chi connectivity index (χ3n) is 2.80. The number of hydrogen-bond donors (Lipinski definition) is 2. The molecule has 0 aromatic rings. The van der Waals surface area contributed by atoms with Crippen molar-refractivity contribution in [3.8, 4) is 0 Å². The normalized spacial score (nSPS) is 15.7. The van der Waals surface area contributed by atoms with Crippen molar-refractivity contribution in [2.24, 2.45) is 11.1 Å². The number of hydrogen-bond acceptors (Lipinski definition) is 3. The van der Waals surface area contributed by atoms with Crippen LogP contribution in [-0.2, 0) is 14.3 Å². The van der Waals surface area contributed by atoms with Gasteiger partial charge >= 0.3 is 5.97 Å². The highest BCUT2D eigenvalue weighted by Crippen LogP contribution is 2.28. The molecule has 0 heterocycles. The van der Waals surface area contributed by atoms with Gasteiger partial charge in [0.25, 0.3) is 0 Å². The monoisotopic (exact) mass is 217 g/mol. The van der Waals surface area contributed by atoms with E-state index in [1.807, 2.05) is 13.8 Å². The van der Waals surface area contributed by atoms with Crippen LogP contribution in [0.3, 0.4) is 0 Å². The molecule has 1 unspecified atom stereocenters. The molecule has 0 aliphatic heterocycles. The van der Waals surface area contributed by atoms with Crippen LogP contribution in [-0.4, -0.2) is 29.7 Å². The van der Waals surface area contributed by atoms with Crippen molar-refractivity contribution in [1.82, 2.24) is 0 Å². The van der Waals surface area contributed by atoms with Crippen LogP contribution in [0.5, 0.6) is 0 Å². The summed E-state index contributed by atoms with van der Waals surface area (Å²) in [6, 6.07) is 0. The van der Waals surface area contributed by atoms with Gasteiger partial charge in [0.2, 0.25) is 5.91 Å². The van der Waals surface area contributed by atoms with E-state index in [2.05, 4.69) is 0 Å². The summed E-state index contributed by atoms with van der Waals surface area (Å²) in [6.45, 7) is 5.00. The molecule has 0 fully saturated rings. The fraction of sp³-hybridized carbons (Fsp3) is 0.800. The highest BCUT2D eigenvalue weighted by molar-refractivity contribution is 6.00. The molecule has 0 saturated heterocycles. The second-order valence-electron chi connectivity index (χ2n) is 4.47. The third kappa shape index (κ3) is 3.51. The van der Waals surface area contributed by atoms with Crippen LogP contribution in [0.1, 0.15) is 33.6 Å². The molecule has 1 atom stereocenters. The lowest BCUT2D eigenvalue weighted by Crippen LogP contribution is -2.42. The van der Waals surface area contributed by atoms with Crippen molar-refractivity contribution in [1.29, 1.82) is 0 Å². The maximum atomic E-state index is 11.1. The Balaban J connectivity index is 4.60. The van der Waals surface area contributed by atoms with Crippen LogP contribution >= 0.6 is 0 Å². The van der Waals surface area contributed by atoms with Crippen molar-refractivity contribution >= 4 is 11.9 Å². The molecule has 1 amide bonds. The summed E-state index contributed by atoms with van der Waals surface area (Å²) in [5, 5.41) is 8.93. The Morgan fingerprint density at radius 2 is 1.73 bits per heavy atom. The van der Waals surface area contributed by atoms with Gasteiger partial charge in [-0.25, -0.2) is 0 Å². The molecule has 3 N–H and O–H groups in total. The first-order valence-electron chi connectivity index (χ1n) is 4.74. The van der Waals surface area contributed by atoms with E-state index in [0.29, 0.717) is 6.42 Å². The van der Waals surface area contributed by atoms with Gasteiger partial charge in [0.1, 0.15) is 5.41 Å². The maximum Gasteiger partial charge on any atom is 0.318 e. The van der Waals surface area contributed by atoms with E-state index in [0.717, 1.165) is 0 Å². The van der Waals surface area contributed by atoms with Crippen molar-refractivity contribution in [3.05, 3.63) is 0 Å². The number of carbonyl (C=O) groups excluding carboxylic acids is 1. The number of ether oxygens (including phenoxy) is 1. The quantitative estimate of drug-likeness (QED) is 0.643. The Morgan fingerprint density at radius 1 is 1.27 bits per heavy atom. The molecule has 15 heavy (non-hydrogen) atoms. The van der Waals surface area contributed by atoms with E-state index in [1.54, 1.807) is 7.11 Å². The minimum Gasteiger partial charge on any atom is -0.480 e. The Kier molecular flexibility index (Phi) is 4.27. The minimum atomic E-state index is -1.52. The number of carboxylic acids is 1. The first-order chi connectivity index (χ1) is 6.65. The van der Waals surface area contributed by atoms with Crippen molar-refractivity contribution in [2.45, 2.75) is 39.2 Å². The molecule has 5 heteroatoms. The molecule has 0 bridgehead atoms. The van der Waals surface area contributed by atoms with Crippen LogP contribution in [0, 0.1) is 5.41 Å². The summed E-state index contributed by atoms with van der Waals surface area (Å²) < 4.78 is 5.15. The van der Waals surface area contributed by atoms with E-state index in [1.165, 1.54) is 6.92 Å². The molecule has 5 nitrogen and oxygen atoms in total. The summed E-state index contributed by atoms with van der Waals surface area (Å²) in [7, 11) is 1.54. The van der Waals surface area contributed by atoms with Crippen LogP contribution in [0.4, 0.5) is 0 Å². The van der Waals surface area contributed by atoms with Crippen molar-refractivity contribution < 1.29 is 19.4 Å². The summed E-state index contributed by atoms with van der Waals surface area (Å²) in [5.74, 6) is -2.01. The molecular weight excluding hydrogens is 198 g/mol. The lowest BCUT2D eigenvalue weighted by atomic mass is 9.81. The first kappa shape index (κ1) is 13.9. The molecule has 0 aromatic heterocycles. The zero-order chi connectivity index (χ0) is 12.3. The zero-order valence-corrected chi connectivity index (χ0v) is 9.66. The number of rotatable bonds is 6. The molecule has 0 saturated carbocycles. The van der Waals surface area contributed by atoms with E-state index < -0.39 is 22.9 Å². The molecule has 0 rings (SSSR count). The van der Waals surface area contributed by atoms with Gasteiger partial charge in [-0.3, -0.25) is 9.59 Å². The van der Waals surface area contributed by atoms with E-state index in [-0.39, 0.29) is 6.42 Å². The summed E-state index contributed by atoms with van der Waals surface area (Å²) in [4.78, 5) is 22.0. The average Bonchev–Trinajstić information content (AvgIpc) is 2.13. The molecule has 0 aliphatic rings. The number of primary amides is 1.